The summed E-state index contributed by atoms with van der Waals surface area (Å²) < 4.78 is 27.5. The minimum atomic E-state index is -3.58. The molecule has 0 saturated carbocycles. The summed E-state index contributed by atoms with van der Waals surface area (Å²) >= 11 is 0. The molecule has 0 radical (unpaired) electrons. The highest BCUT2D eigenvalue weighted by atomic mass is 32.2. The quantitative estimate of drug-likeness (QED) is 0.790. The lowest BCUT2D eigenvalue weighted by Crippen LogP contribution is -2.34. The second-order valence-corrected chi connectivity index (χ2v) is 7.98. The fraction of sp³-hybridized carbons (Fsp3) is 0.562. The minimum Gasteiger partial charge on any atom is -0.325 e. The van der Waals surface area contributed by atoms with Gasteiger partial charge in [-0.3, -0.25) is 4.79 Å². The molecule has 0 aromatic heterocycles. The van der Waals surface area contributed by atoms with Crippen LogP contribution in [0.3, 0.4) is 0 Å². The fourth-order valence-electron chi connectivity index (χ4n) is 2.68. The van der Waals surface area contributed by atoms with Crippen LogP contribution in [0.4, 0.5) is 5.69 Å². The number of nitrogens with one attached hydrogen (secondary N) is 2. The van der Waals surface area contributed by atoms with Crippen molar-refractivity contribution >= 4 is 21.6 Å². The van der Waals surface area contributed by atoms with Crippen LogP contribution in [0, 0.1) is 0 Å². The molecule has 0 bridgehead atoms. The predicted molar refractivity (Wildman–Crippen MR) is 91.1 cm³/mol. The molecule has 1 aliphatic rings. The molecule has 2 rings (SSSR count). The van der Waals surface area contributed by atoms with Crippen molar-refractivity contribution < 1.29 is 13.2 Å². The van der Waals surface area contributed by atoms with E-state index < -0.39 is 15.4 Å². The van der Waals surface area contributed by atoms with E-state index in [1.165, 1.54) is 6.07 Å². The minimum absolute atomic E-state index is 0.114. The molecule has 0 atom stereocenters. The van der Waals surface area contributed by atoms with Gasteiger partial charge in [0.2, 0.25) is 15.9 Å². The number of fused-ring (bicyclic) bond motifs is 1. The van der Waals surface area contributed by atoms with Gasteiger partial charge in [0, 0.05) is 18.8 Å². The van der Waals surface area contributed by atoms with Crippen molar-refractivity contribution in [1.82, 2.24) is 9.62 Å². The Morgan fingerprint density at radius 2 is 1.87 bits per heavy atom. The van der Waals surface area contributed by atoms with E-state index in [1.807, 2.05) is 13.8 Å². The molecule has 1 aromatic carbocycles. The normalized spacial score (nSPS) is 16.5. The zero-order valence-electron chi connectivity index (χ0n) is 14.1. The molecule has 1 heterocycles. The van der Waals surface area contributed by atoms with Crippen LogP contribution in [0.25, 0.3) is 0 Å². The number of hydrogen-bond acceptors (Lipinski definition) is 4. The largest absolute Gasteiger partial charge is 0.325 e. The number of hydrogen-bond donors (Lipinski definition) is 2. The number of sulfonamides is 1. The summed E-state index contributed by atoms with van der Waals surface area (Å²) in [5, 5.41) is 2.78. The van der Waals surface area contributed by atoms with Crippen molar-refractivity contribution in [3.63, 3.8) is 0 Å². The van der Waals surface area contributed by atoms with Gasteiger partial charge in [-0.15, -0.1) is 0 Å². The van der Waals surface area contributed by atoms with Crippen molar-refractivity contribution in [2.24, 2.45) is 0 Å². The van der Waals surface area contributed by atoms with Crippen LogP contribution in [0.1, 0.15) is 33.3 Å². The molecule has 23 heavy (non-hydrogen) atoms. The third kappa shape index (κ3) is 3.57. The highest BCUT2D eigenvalue weighted by Crippen LogP contribution is 2.38. The molecule has 1 aliphatic heterocycles. The summed E-state index contributed by atoms with van der Waals surface area (Å²) in [4.78, 5) is 14.3. The Kier molecular flexibility index (Phi) is 5.13. The van der Waals surface area contributed by atoms with Crippen molar-refractivity contribution in [3.8, 4) is 0 Å². The number of amides is 1. The van der Waals surface area contributed by atoms with E-state index >= 15 is 0 Å². The molecule has 1 amide bonds. The number of carbonyl (C=O) groups is 1. The number of nitrogens with zero attached hydrogens (tertiary/aromatic N) is 1. The second kappa shape index (κ2) is 6.59. The van der Waals surface area contributed by atoms with E-state index in [0.717, 1.165) is 13.1 Å². The van der Waals surface area contributed by atoms with Crippen LogP contribution in [0.15, 0.2) is 23.1 Å². The van der Waals surface area contributed by atoms with Gasteiger partial charge in [0.25, 0.3) is 0 Å². The van der Waals surface area contributed by atoms with Crippen LogP contribution in [0.5, 0.6) is 0 Å². The maximum absolute atomic E-state index is 12.4. The molecule has 7 heteroatoms. The van der Waals surface area contributed by atoms with Gasteiger partial charge in [0.15, 0.2) is 0 Å². The van der Waals surface area contributed by atoms with Crippen molar-refractivity contribution in [1.29, 1.82) is 0 Å². The first-order valence-electron chi connectivity index (χ1n) is 7.90. The molecule has 1 aromatic rings. The lowest BCUT2D eigenvalue weighted by Gasteiger charge is -2.18. The molecule has 0 fully saturated rings. The molecule has 128 valence electrons. The van der Waals surface area contributed by atoms with E-state index in [9.17, 15) is 13.2 Å². The Hall–Kier alpha value is -1.44. The lowest BCUT2D eigenvalue weighted by molar-refractivity contribution is -0.119. The van der Waals surface area contributed by atoms with E-state index in [1.54, 1.807) is 26.0 Å². The van der Waals surface area contributed by atoms with E-state index in [2.05, 4.69) is 14.9 Å². The van der Waals surface area contributed by atoms with Crippen molar-refractivity contribution in [2.75, 3.05) is 31.5 Å². The first-order chi connectivity index (χ1) is 10.7. The summed E-state index contributed by atoms with van der Waals surface area (Å²) in [6, 6.07) is 4.77. The standard InChI is InChI=1S/C16H25N3O3S/c1-5-19(6-2)10-9-17-23(21,22)12-7-8-14-13(11-12)16(3,4)15(20)18-14/h7-8,11,17H,5-6,9-10H2,1-4H3,(H,18,20). The van der Waals surface area contributed by atoms with Gasteiger partial charge in [-0.05, 0) is 50.7 Å². The summed E-state index contributed by atoms with van der Waals surface area (Å²) in [5.41, 5.74) is 0.679. The van der Waals surface area contributed by atoms with Gasteiger partial charge < -0.3 is 10.2 Å². The Morgan fingerprint density at radius 1 is 1.22 bits per heavy atom. The highest BCUT2D eigenvalue weighted by molar-refractivity contribution is 7.89. The van der Waals surface area contributed by atoms with Crippen molar-refractivity contribution in [2.45, 2.75) is 38.0 Å². The molecular weight excluding hydrogens is 314 g/mol. The smallest absolute Gasteiger partial charge is 0.240 e. The van der Waals surface area contributed by atoms with E-state index in [4.69, 9.17) is 0 Å². The average Bonchev–Trinajstić information content (AvgIpc) is 2.73. The Balaban J connectivity index is 2.16. The lowest BCUT2D eigenvalue weighted by atomic mass is 9.86. The third-order valence-electron chi connectivity index (χ3n) is 4.41. The fourth-order valence-corrected chi connectivity index (χ4v) is 3.73. The number of anilines is 1. The summed E-state index contributed by atoms with van der Waals surface area (Å²) in [6.45, 7) is 10.5. The Labute approximate surface area is 138 Å². The van der Waals surface area contributed by atoms with Gasteiger partial charge in [-0.2, -0.15) is 0 Å². The topological polar surface area (TPSA) is 78.5 Å². The molecule has 0 aliphatic carbocycles. The van der Waals surface area contributed by atoms with Gasteiger partial charge in [-0.1, -0.05) is 13.8 Å². The van der Waals surface area contributed by atoms with Crippen LogP contribution in [-0.4, -0.2) is 45.4 Å². The molecule has 0 saturated heterocycles. The van der Waals surface area contributed by atoms with Crippen molar-refractivity contribution in [3.05, 3.63) is 23.8 Å². The van der Waals surface area contributed by atoms with Gasteiger partial charge >= 0.3 is 0 Å². The number of benzene rings is 1. The van der Waals surface area contributed by atoms with E-state index in [-0.39, 0.29) is 10.8 Å². The Morgan fingerprint density at radius 3 is 2.48 bits per heavy atom. The van der Waals surface area contributed by atoms with Gasteiger partial charge in [0.05, 0.1) is 10.3 Å². The monoisotopic (exact) mass is 339 g/mol. The predicted octanol–water partition coefficient (Wildman–Crippen LogP) is 1.54. The number of carbonyl (C=O) groups excluding carboxylic acids is 1. The summed E-state index contributed by atoms with van der Waals surface area (Å²) in [5.74, 6) is -0.114. The van der Waals surface area contributed by atoms with Gasteiger partial charge in [-0.25, -0.2) is 13.1 Å². The highest BCUT2D eigenvalue weighted by Gasteiger charge is 2.39. The summed E-state index contributed by atoms with van der Waals surface area (Å²) in [6.07, 6.45) is 0. The zero-order valence-corrected chi connectivity index (χ0v) is 15.0. The van der Waals surface area contributed by atoms with Gasteiger partial charge in [0.1, 0.15) is 0 Å². The second-order valence-electron chi connectivity index (χ2n) is 6.21. The SMILES string of the molecule is CCN(CC)CCNS(=O)(=O)c1ccc2c(c1)C(C)(C)C(=O)N2. The maximum Gasteiger partial charge on any atom is 0.240 e. The first-order valence-corrected chi connectivity index (χ1v) is 9.38. The number of likely N-dealkylation sites (N-methyl/N-ethyl adjacent to an activating group) is 1. The molecule has 2 N–H and O–H groups in total. The molecule has 0 unspecified atom stereocenters. The van der Waals surface area contributed by atoms with Crippen LogP contribution < -0.4 is 10.0 Å². The van der Waals surface area contributed by atoms with Crippen LogP contribution >= 0.6 is 0 Å². The van der Waals surface area contributed by atoms with Crippen LogP contribution in [0.2, 0.25) is 0 Å². The molecule has 0 spiro atoms. The maximum atomic E-state index is 12.4. The average molecular weight is 339 g/mol. The summed E-state index contributed by atoms with van der Waals surface area (Å²) in [7, 11) is -3.58. The van der Waals surface area contributed by atoms with E-state index in [0.29, 0.717) is 24.3 Å². The molecule has 6 nitrogen and oxygen atoms in total. The van der Waals surface area contributed by atoms with Crippen LogP contribution in [-0.2, 0) is 20.2 Å². The Bertz CT molecular complexity index is 695. The third-order valence-corrected chi connectivity index (χ3v) is 5.86. The number of rotatable bonds is 7. The first kappa shape index (κ1) is 17.9. The molecular formula is C16H25N3O3S. The zero-order chi connectivity index (χ0) is 17.3.